The Morgan fingerprint density at radius 3 is 2.74 bits per heavy atom. The highest BCUT2D eigenvalue weighted by Crippen LogP contribution is 2.13. The van der Waals surface area contributed by atoms with Crippen molar-refractivity contribution in [3.8, 4) is 0 Å². The maximum atomic E-state index is 10.6. The van der Waals surface area contributed by atoms with Gasteiger partial charge in [-0.15, -0.1) is 0 Å². The maximum absolute atomic E-state index is 10.6. The van der Waals surface area contributed by atoms with Crippen molar-refractivity contribution in [2.45, 2.75) is 19.1 Å². The van der Waals surface area contributed by atoms with E-state index in [2.05, 4.69) is 5.32 Å². The summed E-state index contributed by atoms with van der Waals surface area (Å²) in [6.07, 6.45) is 0. The molecule has 1 rings (SSSR count). The largest absolute Gasteiger partial charge is 0.388 e. The Morgan fingerprint density at radius 1 is 1.47 bits per heavy atom. The standard InChI is InChI=1S/C13H21N3O3/c1-13(17,10-15(2)3)9-14-8-11-5-4-6-12(7-11)16(18)19/h4-7,14,17H,8-10H2,1-3H3. The monoisotopic (exact) mass is 267 g/mol. The number of hydrogen-bond donors (Lipinski definition) is 2. The molecular formula is C13H21N3O3. The summed E-state index contributed by atoms with van der Waals surface area (Å²) in [7, 11) is 3.80. The fourth-order valence-corrected chi connectivity index (χ4v) is 1.99. The first kappa shape index (κ1) is 15.6. The molecule has 1 unspecified atom stereocenters. The first-order chi connectivity index (χ1) is 8.80. The van der Waals surface area contributed by atoms with Gasteiger partial charge in [0.25, 0.3) is 5.69 Å². The lowest BCUT2D eigenvalue weighted by atomic mass is 10.1. The predicted octanol–water partition coefficient (Wildman–Crippen LogP) is 0.997. The number of nitro benzene ring substituents is 1. The normalized spacial score (nSPS) is 14.4. The molecular weight excluding hydrogens is 246 g/mol. The Morgan fingerprint density at radius 2 is 2.16 bits per heavy atom. The third-order valence-corrected chi connectivity index (χ3v) is 2.61. The lowest BCUT2D eigenvalue weighted by Gasteiger charge is -2.27. The Labute approximate surface area is 113 Å². The van der Waals surface area contributed by atoms with E-state index in [0.29, 0.717) is 19.6 Å². The molecule has 0 radical (unpaired) electrons. The van der Waals surface area contributed by atoms with Gasteiger partial charge < -0.3 is 15.3 Å². The van der Waals surface area contributed by atoms with Crippen LogP contribution in [0, 0.1) is 10.1 Å². The second-order valence-corrected chi connectivity index (χ2v) is 5.27. The van der Waals surface area contributed by atoms with Crippen molar-refractivity contribution in [1.82, 2.24) is 10.2 Å². The Hall–Kier alpha value is -1.50. The van der Waals surface area contributed by atoms with Crippen LogP contribution in [0.5, 0.6) is 0 Å². The number of non-ortho nitro benzene ring substituents is 1. The molecule has 0 spiro atoms. The van der Waals surface area contributed by atoms with Crippen molar-refractivity contribution in [2.24, 2.45) is 0 Å². The number of aliphatic hydroxyl groups is 1. The average molecular weight is 267 g/mol. The number of nitro groups is 1. The number of nitrogens with zero attached hydrogens (tertiary/aromatic N) is 2. The molecule has 2 N–H and O–H groups in total. The van der Waals surface area contributed by atoms with Crippen LogP contribution in [0.2, 0.25) is 0 Å². The molecule has 1 aromatic carbocycles. The SMILES string of the molecule is CN(C)CC(C)(O)CNCc1cccc([N+](=O)[O-])c1. The number of hydrogen-bond acceptors (Lipinski definition) is 5. The van der Waals surface area contributed by atoms with Crippen molar-refractivity contribution in [3.05, 3.63) is 39.9 Å². The van der Waals surface area contributed by atoms with Crippen LogP contribution in [0.3, 0.4) is 0 Å². The fraction of sp³-hybridized carbons (Fsp3) is 0.538. The Kier molecular flexibility index (Phi) is 5.41. The van der Waals surface area contributed by atoms with Crippen LogP contribution in [0.1, 0.15) is 12.5 Å². The van der Waals surface area contributed by atoms with Gasteiger partial charge in [-0.05, 0) is 26.6 Å². The maximum Gasteiger partial charge on any atom is 0.269 e. The summed E-state index contributed by atoms with van der Waals surface area (Å²) < 4.78 is 0. The van der Waals surface area contributed by atoms with Gasteiger partial charge in [0.15, 0.2) is 0 Å². The van der Waals surface area contributed by atoms with Gasteiger partial charge in [-0.1, -0.05) is 12.1 Å². The quantitative estimate of drug-likeness (QED) is 0.569. The molecule has 6 heteroatoms. The molecule has 6 nitrogen and oxygen atoms in total. The molecule has 1 atom stereocenters. The summed E-state index contributed by atoms with van der Waals surface area (Å²) in [6, 6.07) is 6.48. The van der Waals surface area contributed by atoms with Crippen LogP contribution in [-0.4, -0.2) is 47.7 Å². The average Bonchev–Trinajstić information content (AvgIpc) is 2.27. The topological polar surface area (TPSA) is 78.6 Å². The van der Waals surface area contributed by atoms with Crippen molar-refractivity contribution >= 4 is 5.69 Å². The van der Waals surface area contributed by atoms with E-state index in [1.165, 1.54) is 12.1 Å². The first-order valence-electron chi connectivity index (χ1n) is 6.11. The summed E-state index contributed by atoms with van der Waals surface area (Å²) in [6.45, 7) is 3.22. The van der Waals surface area contributed by atoms with E-state index >= 15 is 0 Å². The molecule has 0 fully saturated rings. The predicted molar refractivity (Wildman–Crippen MR) is 74.0 cm³/mol. The molecule has 0 amide bonds. The Balaban J connectivity index is 2.49. The van der Waals surface area contributed by atoms with Crippen LogP contribution >= 0.6 is 0 Å². The molecule has 0 aliphatic rings. The molecule has 0 saturated carbocycles. The molecule has 0 aliphatic heterocycles. The van der Waals surface area contributed by atoms with Gasteiger partial charge in [0.1, 0.15) is 0 Å². The zero-order valence-corrected chi connectivity index (χ0v) is 11.6. The minimum atomic E-state index is -0.829. The van der Waals surface area contributed by atoms with Gasteiger partial charge >= 0.3 is 0 Å². The second-order valence-electron chi connectivity index (χ2n) is 5.27. The zero-order chi connectivity index (χ0) is 14.5. The summed E-state index contributed by atoms with van der Waals surface area (Å²) in [4.78, 5) is 12.1. The minimum absolute atomic E-state index is 0.0827. The van der Waals surface area contributed by atoms with Crippen LogP contribution < -0.4 is 5.32 Å². The smallest absolute Gasteiger partial charge is 0.269 e. The second kappa shape index (κ2) is 6.60. The van der Waals surface area contributed by atoms with Crippen molar-refractivity contribution in [2.75, 3.05) is 27.2 Å². The lowest BCUT2D eigenvalue weighted by molar-refractivity contribution is -0.384. The molecule has 1 aromatic rings. The van der Waals surface area contributed by atoms with Crippen LogP contribution in [0.25, 0.3) is 0 Å². The Bertz CT molecular complexity index is 433. The summed E-state index contributed by atoms with van der Waals surface area (Å²) in [5.41, 5.74) is 0.0821. The van der Waals surface area contributed by atoms with E-state index in [9.17, 15) is 15.2 Å². The van der Waals surface area contributed by atoms with Gasteiger partial charge in [0.05, 0.1) is 10.5 Å². The molecule has 0 heterocycles. The number of likely N-dealkylation sites (N-methyl/N-ethyl adjacent to an activating group) is 1. The zero-order valence-electron chi connectivity index (χ0n) is 11.6. The third-order valence-electron chi connectivity index (χ3n) is 2.61. The van der Waals surface area contributed by atoms with Gasteiger partial charge in [-0.25, -0.2) is 0 Å². The summed E-state index contributed by atoms with van der Waals surface area (Å²) in [5.74, 6) is 0. The highest BCUT2D eigenvalue weighted by Gasteiger charge is 2.20. The van der Waals surface area contributed by atoms with Gasteiger partial charge in [0, 0.05) is 31.8 Å². The molecule has 0 aliphatic carbocycles. The summed E-state index contributed by atoms with van der Waals surface area (Å²) in [5, 5.41) is 23.9. The molecule has 0 saturated heterocycles. The van der Waals surface area contributed by atoms with Crippen LogP contribution in [-0.2, 0) is 6.54 Å². The lowest BCUT2D eigenvalue weighted by Crippen LogP contribution is -2.45. The number of rotatable bonds is 7. The molecule has 0 aromatic heterocycles. The van der Waals surface area contributed by atoms with Crippen LogP contribution in [0.15, 0.2) is 24.3 Å². The first-order valence-corrected chi connectivity index (χ1v) is 6.11. The van der Waals surface area contributed by atoms with E-state index in [4.69, 9.17) is 0 Å². The van der Waals surface area contributed by atoms with Gasteiger partial charge in [-0.2, -0.15) is 0 Å². The van der Waals surface area contributed by atoms with Gasteiger partial charge in [0.2, 0.25) is 0 Å². The highest BCUT2D eigenvalue weighted by molar-refractivity contribution is 5.34. The highest BCUT2D eigenvalue weighted by atomic mass is 16.6. The minimum Gasteiger partial charge on any atom is -0.388 e. The van der Waals surface area contributed by atoms with E-state index in [1.54, 1.807) is 13.0 Å². The molecule has 106 valence electrons. The van der Waals surface area contributed by atoms with Crippen molar-refractivity contribution in [3.63, 3.8) is 0 Å². The van der Waals surface area contributed by atoms with Crippen LogP contribution in [0.4, 0.5) is 5.69 Å². The van der Waals surface area contributed by atoms with E-state index < -0.39 is 10.5 Å². The number of nitrogens with one attached hydrogen (secondary N) is 1. The fourth-order valence-electron chi connectivity index (χ4n) is 1.99. The molecule has 0 bridgehead atoms. The number of benzene rings is 1. The van der Waals surface area contributed by atoms with E-state index in [1.807, 2.05) is 25.1 Å². The van der Waals surface area contributed by atoms with Crippen molar-refractivity contribution in [1.29, 1.82) is 0 Å². The molecule has 19 heavy (non-hydrogen) atoms. The van der Waals surface area contributed by atoms with Crippen molar-refractivity contribution < 1.29 is 10.0 Å². The van der Waals surface area contributed by atoms with E-state index in [0.717, 1.165) is 5.56 Å². The summed E-state index contributed by atoms with van der Waals surface area (Å²) >= 11 is 0. The third kappa shape index (κ3) is 5.78. The van der Waals surface area contributed by atoms with E-state index in [-0.39, 0.29) is 5.69 Å². The van der Waals surface area contributed by atoms with Gasteiger partial charge in [-0.3, -0.25) is 10.1 Å².